The fourth-order valence-electron chi connectivity index (χ4n) is 3.82. The average Bonchev–Trinajstić information content (AvgIpc) is 2.98. The summed E-state index contributed by atoms with van der Waals surface area (Å²) in [4.78, 5) is 31.2. The molecule has 0 spiro atoms. The molecule has 1 amide bonds. The Morgan fingerprint density at radius 1 is 1.29 bits per heavy atom. The van der Waals surface area contributed by atoms with Gasteiger partial charge in [-0.15, -0.1) is 11.3 Å². The molecule has 3 rings (SSSR count). The number of aryl methyl sites for hydroxylation is 2. The van der Waals surface area contributed by atoms with Gasteiger partial charge in [0.15, 0.2) is 0 Å². The fourth-order valence-corrected chi connectivity index (χ4v) is 4.63. The number of aliphatic carboxylic acids is 1. The Hall–Kier alpha value is -1.43. The molecule has 2 heterocycles. The summed E-state index contributed by atoms with van der Waals surface area (Å²) in [7, 11) is 0. The predicted molar refractivity (Wildman–Crippen MR) is 79.5 cm³/mol. The number of fused-ring (bicyclic) bond motifs is 1. The second-order valence-electron chi connectivity index (χ2n) is 6.05. The molecule has 0 bridgehead atoms. The van der Waals surface area contributed by atoms with Crippen LogP contribution in [0.1, 0.15) is 52.5 Å². The lowest BCUT2D eigenvalue weighted by atomic mass is 9.84. The molecule has 5 nitrogen and oxygen atoms in total. The van der Waals surface area contributed by atoms with Gasteiger partial charge in [-0.1, -0.05) is 12.8 Å². The van der Waals surface area contributed by atoms with Crippen LogP contribution in [0.5, 0.6) is 0 Å². The molecule has 6 heteroatoms. The number of aromatic nitrogens is 1. The fraction of sp³-hybridized carbons (Fsp3) is 0.667. The van der Waals surface area contributed by atoms with Gasteiger partial charge in [-0.3, -0.25) is 4.79 Å². The molecule has 0 aromatic carbocycles. The zero-order valence-corrected chi connectivity index (χ0v) is 13.2. The van der Waals surface area contributed by atoms with E-state index in [0.29, 0.717) is 18.0 Å². The lowest BCUT2D eigenvalue weighted by Gasteiger charge is -2.32. The zero-order valence-electron chi connectivity index (χ0n) is 12.3. The van der Waals surface area contributed by atoms with E-state index in [1.165, 1.54) is 11.3 Å². The van der Waals surface area contributed by atoms with E-state index in [0.717, 1.165) is 35.6 Å². The maximum atomic E-state index is 12.9. The Kier molecular flexibility index (Phi) is 3.73. The zero-order chi connectivity index (χ0) is 15.1. The van der Waals surface area contributed by atoms with Crippen molar-refractivity contribution in [2.24, 2.45) is 5.92 Å². The van der Waals surface area contributed by atoms with Gasteiger partial charge < -0.3 is 10.0 Å². The second-order valence-corrected chi connectivity index (χ2v) is 7.46. The number of carboxylic acid groups (broad SMARTS) is 1. The summed E-state index contributed by atoms with van der Waals surface area (Å²) >= 11 is 1.49. The monoisotopic (exact) mass is 308 g/mol. The Balaban J connectivity index is 1.94. The van der Waals surface area contributed by atoms with Gasteiger partial charge in [0.2, 0.25) is 0 Å². The molecule has 2 aliphatic rings. The van der Waals surface area contributed by atoms with Crippen LogP contribution in [0.15, 0.2) is 0 Å². The molecule has 1 N–H and O–H groups in total. The van der Waals surface area contributed by atoms with E-state index in [1.54, 1.807) is 4.90 Å². The van der Waals surface area contributed by atoms with Crippen LogP contribution in [-0.4, -0.2) is 39.0 Å². The molecular formula is C15H20N2O3S. The largest absolute Gasteiger partial charge is 0.480 e. The molecule has 3 atom stereocenters. The summed E-state index contributed by atoms with van der Waals surface area (Å²) in [5.74, 6) is -0.746. The molecule has 0 radical (unpaired) electrons. The van der Waals surface area contributed by atoms with E-state index in [1.807, 2.05) is 13.8 Å². The number of carboxylic acids is 1. The van der Waals surface area contributed by atoms with Crippen molar-refractivity contribution in [3.63, 3.8) is 0 Å². The van der Waals surface area contributed by atoms with Crippen molar-refractivity contribution in [1.29, 1.82) is 0 Å². The van der Waals surface area contributed by atoms with E-state index in [9.17, 15) is 14.7 Å². The minimum Gasteiger partial charge on any atom is -0.480 e. The van der Waals surface area contributed by atoms with Crippen LogP contribution in [0.2, 0.25) is 0 Å². The van der Waals surface area contributed by atoms with E-state index in [-0.39, 0.29) is 11.9 Å². The van der Waals surface area contributed by atoms with Gasteiger partial charge in [0.1, 0.15) is 11.7 Å². The van der Waals surface area contributed by atoms with Crippen LogP contribution in [0.3, 0.4) is 0 Å². The van der Waals surface area contributed by atoms with E-state index < -0.39 is 12.0 Å². The van der Waals surface area contributed by atoms with Crippen molar-refractivity contribution in [2.45, 2.75) is 58.0 Å². The van der Waals surface area contributed by atoms with Crippen molar-refractivity contribution in [1.82, 2.24) is 9.88 Å². The number of likely N-dealkylation sites (tertiary alicyclic amines) is 1. The van der Waals surface area contributed by atoms with Crippen LogP contribution in [0.25, 0.3) is 0 Å². The van der Waals surface area contributed by atoms with Crippen molar-refractivity contribution in [3.05, 3.63) is 15.6 Å². The van der Waals surface area contributed by atoms with Crippen molar-refractivity contribution in [2.75, 3.05) is 0 Å². The van der Waals surface area contributed by atoms with E-state index in [2.05, 4.69) is 4.98 Å². The van der Waals surface area contributed by atoms with Gasteiger partial charge in [-0.25, -0.2) is 9.78 Å². The van der Waals surface area contributed by atoms with Gasteiger partial charge >= 0.3 is 5.97 Å². The van der Waals surface area contributed by atoms with Gasteiger partial charge in [-0.2, -0.15) is 0 Å². The molecule has 1 aromatic rings. The third kappa shape index (κ3) is 2.46. The molecule has 3 unspecified atom stereocenters. The molecule has 1 aliphatic carbocycles. The maximum Gasteiger partial charge on any atom is 0.326 e. The highest BCUT2D eigenvalue weighted by atomic mass is 32.1. The van der Waals surface area contributed by atoms with Crippen LogP contribution in [0.4, 0.5) is 0 Å². The SMILES string of the molecule is Cc1nc(C(=O)N2C(C(=O)O)CC3CCCCC32)c(C)s1. The van der Waals surface area contributed by atoms with E-state index >= 15 is 0 Å². The van der Waals surface area contributed by atoms with Crippen molar-refractivity contribution >= 4 is 23.2 Å². The number of rotatable bonds is 2. The first-order valence-electron chi connectivity index (χ1n) is 7.48. The summed E-state index contributed by atoms with van der Waals surface area (Å²) in [6.45, 7) is 3.75. The summed E-state index contributed by atoms with van der Waals surface area (Å²) < 4.78 is 0. The first-order valence-corrected chi connectivity index (χ1v) is 8.30. The first-order chi connectivity index (χ1) is 9.99. The highest BCUT2D eigenvalue weighted by Crippen LogP contribution is 2.40. The van der Waals surface area contributed by atoms with E-state index in [4.69, 9.17) is 0 Å². The minimum atomic E-state index is -0.887. The Bertz CT molecular complexity index is 583. The third-order valence-corrected chi connectivity index (χ3v) is 5.60. The lowest BCUT2D eigenvalue weighted by molar-refractivity contribution is -0.141. The summed E-state index contributed by atoms with van der Waals surface area (Å²) in [6.07, 6.45) is 4.76. The Labute approximate surface area is 128 Å². The first kappa shape index (κ1) is 14.5. The number of hydrogen-bond donors (Lipinski definition) is 1. The molecular weight excluding hydrogens is 288 g/mol. The lowest BCUT2D eigenvalue weighted by Crippen LogP contribution is -2.46. The van der Waals surface area contributed by atoms with Crippen molar-refractivity contribution < 1.29 is 14.7 Å². The van der Waals surface area contributed by atoms with Crippen LogP contribution in [0, 0.1) is 19.8 Å². The highest BCUT2D eigenvalue weighted by Gasteiger charge is 2.48. The van der Waals surface area contributed by atoms with Crippen LogP contribution in [-0.2, 0) is 4.79 Å². The van der Waals surface area contributed by atoms with Gasteiger partial charge in [-0.05, 0) is 39.0 Å². The summed E-state index contributed by atoms with van der Waals surface area (Å²) in [5.41, 5.74) is 0.440. The predicted octanol–water partition coefficient (Wildman–Crippen LogP) is 2.62. The van der Waals surface area contributed by atoms with Crippen molar-refractivity contribution in [3.8, 4) is 0 Å². The quantitative estimate of drug-likeness (QED) is 0.911. The number of carbonyl (C=O) groups excluding carboxylic acids is 1. The van der Waals surface area contributed by atoms with Crippen LogP contribution < -0.4 is 0 Å². The molecule has 1 saturated heterocycles. The second kappa shape index (κ2) is 5.40. The van der Waals surface area contributed by atoms with Gasteiger partial charge in [0.25, 0.3) is 5.91 Å². The molecule has 1 saturated carbocycles. The highest BCUT2D eigenvalue weighted by molar-refractivity contribution is 7.11. The number of amides is 1. The number of carbonyl (C=O) groups is 2. The molecule has 21 heavy (non-hydrogen) atoms. The van der Waals surface area contributed by atoms with Crippen LogP contribution >= 0.6 is 11.3 Å². The normalized spacial score (nSPS) is 28.5. The third-order valence-electron chi connectivity index (χ3n) is 4.71. The Morgan fingerprint density at radius 3 is 2.62 bits per heavy atom. The minimum absolute atomic E-state index is 0.0776. The smallest absolute Gasteiger partial charge is 0.326 e. The topological polar surface area (TPSA) is 70.5 Å². The maximum absolute atomic E-state index is 12.9. The Morgan fingerprint density at radius 2 is 2.00 bits per heavy atom. The molecule has 1 aromatic heterocycles. The summed E-state index contributed by atoms with van der Waals surface area (Å²) in [6, 6.07) is -0.610. The standard InChI is InChI=1S/C15H20N2O3S/c1-8-13(16-9(2)21-8)14(18)17-11-6-4-3-5-10(11)7-12(17)15(19)20/h10-12H,3-7H2,1-2H3,(H,19,20). The molecule has 114 valence electrons. The van der Waals surface area contributed by atoms with Gasteiger partial charge in [0, 0.05) is 10.9 Å². The number of thiazole rings is 1. The average molecular weight is 308 g/mol. The number of nitrogens with zero attached hydrogens (tertiary/aromatic N) is 2. The molecule has 2 fully saturated rings. The number of hydrogen-bond acceptors (Lipinski definition) is 4. The van der Waals surface area contributed by atoms with Gasteiger partial charge in [0.05, 0.1) is 5.01 Å². The summed E-state index contributed by atoms with van der Waals surface area (Å²) in [5, 5.41) is 10.3. The molecule has 1 aliphatic heterocycles.